The van der Waals surface area contributed by atoms with E-state index in [1.165, 1.54) is 18.5 Å². The van der Waals surface area contributed by atoms with Crippen LogP contribution in [-0.2, 0) is 17.8 Å². The van der Waals surface area contributed by atoms with Gasteiger partial charge in [0.25, 0.3) is 0 Å². The molecule has 1 atom stereocenters. The third-order valence-electron chi connectivity index (χ3n) is 3.40. The van der Waals surface area contributed by atoms with Crippen molar-refractivity contribution in [3.63, 3.8) is 0 Å². The monoisotopic (exact) mass is 221 g/mol. The third kappa shape index (κ3) is 2.44. The van der Waals surface area contributed by atoms with Crippen LogP contribution in [0.4, 0.5) is 0 Å². The molecule has 1 saturated carbocycles. The number of ether oxygens (including phenoxy) is 1. The van der Waals surface area contributed by atoms with Gasteiger partial charge in [-0.25, -0.2) is 4.98 Å². The van der Waals surface area contributed by atoms with E-state index < -0.39 is 0 Å². The standard InChI is InChI=1S/C12H19N3O/c1-2-10(1)7-16-8-11-3-13-4-12-5-14-9-15(12)6-11/h5,9-11,13H,1-4,6-8H2/t11-/m1/s1. The van der Waals surface area contributed by atoms with Crippen molar-refractivity contribution >= 4 is 0 Å². The first-order valence-corrected chi connectivity index (χ1v) is 6.19. The molecule has 0 saturated heterocycles. The van der Waals surface area contributed by atoms with Crippen LogP contribution in [0.5, 0.6) is 0 Å². The summed E-state index contributed by atoms with van der Waals surface area (Å²) in [5.41, 5.74) is 1.28. The van der Waals surface area contributed by atoms with Crippen LogP contribution in [0, 0.1) is 11.8 Å². The van der Waals surface area contributed by atoms with Gasteiger partial charge in [-0.05, 0) is 18.8 Å². The summed E-state index contributed by atoms with van der Waals surface area (Å²) in [6.45, 7) is 4.85. The molecule has 4 heteroatoms. The SMILES string of the molecule is c1ncn2c1CNC[C@@H](COCC1CC1)C2. The van der Waals surface area contributed by atoms with E-state index in [1.807, 2.05) is 12.5 Å². The fraction of sp³-hybridized carbons (Fsp3) is 0.750. The van der Waals surface area contributed by atoms with Crippen LogP contribution in [0.1, 0.15) is 18.5 Å². The van der Waals surface area contributed by atoms with Crippen molar-refractivity contribution in [2.45, 2.75) is 25.9 Å². The predicted octanol–water partition coefficient (Wildman–Crippen LogP) is 1.03. The summed E-state index contributed by atoms with van der Waals surface area (Å²) in [6, 6.07) is 0. The Morgan fingerprint density at radius 3 is 3.12 bits per heavy atom. The predicted molar refractivity (Wildman–Crippen MR) is 61.0 cm³/mol. The Labute approximate surface area is 96.0 Å². The molecule has 1 aliphatic carbocycles. The normalized spacial score (nSPS) is 25.1. The number of rotatable bonds is 4. The quantitative estimate of drug-likeness (QED) is 0.825. The van der Waals surface area contributed by atoms with Crippen molar-refractivity contribution in [2.75, 3.05) is 19.8 Å². The van der Waals surface area contributed by atoms with Crippen molar-refractivity contribution in [3.05, 3.63) is 18.2 Å². The maximum absolute atomic E-state index is 5.77. The van der Waals surface area contributed by atoms with E-state index in [0.29, 0.717) is 5.92 Å². The van der Waals surface area contributed by atoms with Gasteiger partial charge < -0.3 is 14.6 Å². The van der Waals surface area contributed by atoms with Crippen molar-refractivity contribution in [3.8, 4) is 0 Å². The number of hydrogen-bond donors (Lipinski definition) is 1. The molecule has 1 fully saturated rings. The zero-order valence-corrected chi connectivity index (χ0v) is 9.56. The van der Waals surface area contributed by atoms with Crippen LogP contribution < -0.4 is 5.32 Å². The molecule has 16 heavy (non-hydrogen) atoms. The second-order valence-corrected chi connectivity index (χ2v) is 5.02. The highest BCUT2D eigenvalue weighted by Crippen LogP contribution is 2.29. The lowest BCUT2D eigenvalue weighted by Crippen LogP contribution is -2.25. The highest BCUT2D eigenvalue weighted by molar-refractivity contribution is 4.99. The Bertz CT molecular complexity index is 346. The first-order valence-electron chi connectivity index (χ1n) is 6.19. The van der Waals surface area contributed by atoms with Crippen LogP contribution in [0.15, 0.2) is 12.5 Å². The smallest absolute Gasteiger partial charge is 0.0948 e. The minimum absolute atomic E-state index is 0.578. The summed E-state index contributed by atoms with van der Waals surface area (Å²) >= 11 is 0. The van der Waals surface area contributed by atoms with Crippen molar-refractivity contribution in [2.24, 2.45) is 11.8 Å². The van der Waals surface area contributed by atoms with Crippen molar-refractivity contribution in [1.29, 1.82) is 0 Å². The topological polar surface area (TPSA) is 39.1 Å². The Morgan fingerprint density at radius 2 is 2.25 bits per heavy atom. The van der Waals surface area contributed by atoms with Gasteiger partial charge in [0.05, 0.1) is 18.6 Å². The molecule has 0 aromatic carbocycles. The van der Waals surface area contributed by atoms with E-state index >= 15 is 0 Å². The first-order chi connectivity index (χ1) is 7.92. The van der Waals surface area contributed by atoms with Crippen LogP contribution in [0.25, 0.3) is 0 Å². The molecule has 0 amide bonds. The van der Waals surface area contributed by atoms with E-state index in [2.05, 4.69) is 14.9 Å². The van der Waals surface area contributed by atoms with E-state index in [9.17, 15) is 0 Å². The van der Waals surface area contributed by atoms with Crippen LogP contribution >= 0.6 is 0 Å². The number of nitrogens with zero attached hydrogens (tertiary/aromatic N) is 2. The average Bonchev–Trinajstić information content (AvgIpc) is 3.04. The van der Waals surface area contributed by atoms with Gasteiger partial charge in [-0.15, -0.1) is 0 Å². The largest absolute Gasteiger partial charge is 0.381 e. The molecule has 1 aromatic heterocycles. The number of hydrogen-bond acceptors (Lipinski definition) is 3. The molecule has 2 heterocycles. The van der Waals surface area contributed by atoms with Crippen molar-refractivity contribution < 1.29 is 4.74 Å². The second kappa shape index (κ2) is 4.55. The Kier molecular flexibility index (Phi) is 2.93. The van der Waals surface area contributed by atoms with Gasteiger partial charge in [0, 0.05) is 38.4 Å². The second-order valence-electron chi connectivity index (χ2n) is 5.02. The molecular formula is C12H19N3O. The van der Waals surface area contributed by atoms with Gasteiger partial charge in [0.15, 0.2) is 0 Å². The van der Waals surface area contributed by atoms with E-state index in [-0.39, 0.29) is 0 Å². The van der Waals surface area contributed by atoms with Crippen LogP contribution in [-0.4, -0.2) is 29.3 Å². The fourth-order valence-electron chi connectivity index (χ4n) is 2.20. The summed E-state index contributed by atoms with van der Waals surface area (Å²) in [5, 5.41) is 3.45. The molecule has 88 valence electrons. The molecule has 2 aliphatic rings. The summed E-state index contributed by atoms with van der Waals surface area (Å²) in [5.74, 6) is 1.44. The highest BCUT2D eigenvalue weighted by atomic mass is 16.5. The molecule has 3 rings (SSSR count). The minimum atomic E-state index is 0.578. The molecule has 0 radical (unpaired) electrons. The maximum Gasteiger partial charge on any atom is 0.0948 e. The zero-order chi connectivity index (χ0) is 10.8. The molecule has 1 N–H and O–H groups in total. The molecule has 1 aromatic rings. The van der Waals surface area contributed by atoms with E-state index in [1.54, 1.807) is 0 Å². The van der Waals surface area contributed by atoms with Crippen LogP contribution in [0.2, 0.25) is 0 Å². The maximum atomic E-state index is 5.77. The Morgan fingerprint density at radius 1 is 1.38 bits per heavy atom. The summed E-state index contributed by atoms with van der Waals surface area (Å²) in [4.78, 5) is 4.18. The van der Waals surface area contributed by atoms with Gasteiger partial charge in [0.2, 0.25) is 0 Å². The summed E-state index contributed by atoms with van der Waals surface area (Å²) in [7, 11) is 0. The molecule has 1 aliphatic heterocycles. The molecule has 0 spiro atoms. The molecule has 4 nitrogen and oxygen atoms in total. The highest BCUT2D eigenvalue weighted by Gasteiger charge is 2.22. The molecule has 0 unspecified atom stereocenters. The minimum Gasteiger partial charge on any atom is -0.381 e. The summed E-state index contributed by atoms with van der Waals surface area (Å²) in [6.07, 6.45) is 6.61. The van der Waals surface area contributed by atoms with Gasteiger partial charge >= 0.3 is 0 Å². The lowest BCUT2D eigenvalue weighted by atomic mass is 10.1. The number of imidazole rings is 1. The molecular weight excluding hydrogens is 202 g/mol. The third-order valence-corrected chi connectivity index (χ3v) is 3.40. The number of aromatic nitrogens is 2. The summed E-state index contributed by atoms with van der Waals surface area (Å²) < 4.78 is 8.01. The van der Waals surface area contributed by atoms with Gasteiger partial charge in [0.1, 0.15) is 0 Å². The Hall–Kier alpha value is -0.870. The fourth-order valence-corrected chi connectivity index (χ4v) is 2.20. The zero-order valence-electron chi connectivity index (χ0n) is 9.56. The van der Waals surface area contributed by atoms with E-state index in [4.69, 9.17) is 4.74 Å². The first kappa shape index (κ1) is 10.3. The lowest BCUT2D eigenvalue weighted by molar-refractivity contribution is 0.0866. The van der Waals surface area contributed by atoms with Crippen molar-refractivity contribution in [1.82, 2.24) is 14.9 Å². The number of nitrogens with one attached hydrogen (secondary N) is 1. The van der Waals surface area contributed by atoms with E-state index in [0.717, 1.165) is 38.8 Å². The Balaban J connectivity index is 1.51. The van der Waals surface area contributed by atoms with Gasteiger partial charge in [-0.2, -0.15) is 0 Å². The average molecular weight is 221 g/mol. The van der Waals surface area contributed by atoms with Gasteiger partial charge in [-0.3, -0.25) is 0 Å². The lowest BCUT2D eigenvalue weighted by Gasteiger charge is -2.15. The number of fused-ring (bicyclic) bond motifs is 1. The molecule has 0 bridgehead atoms. The van der Waals surface area contributed by atoms with Crippen LogP contribution in [0.3, 0.4) is 0 Å². The van der Waals surface area contributed by atoms with Gasteiger partial charge in [-0.1, -0.05) is 0 Å².